The molecule has 0 fully saturated rings. The number of hydrogen-bond donors (Lipinski definition) is 0. The molecule has 10 heteroatoms. The minimum Gasteiger partial charge on any atom is -0.490 e. The lowest BCUT2D eigenvalue weighted by molar-refractivity contribution is -0.105. The van der Waals surface area contributed by atoms with Crippen LogP contribution in [0.1, 0.15) is 81.4 Å². The second-order valence-corrected chi connectivity index (χ2v) is 12.0. The van der Waals surface area contributed by atoms with Gasteiger partial charge in [-0.05, 0) is 71.3 Å². The second-order valence-electron chi connectivity index (χ2n) is 11.8. The maximum absolute atomic E-state index is 13.2. The predicted molar refractivity (Wildman–Crippen MR) is 174 cm³/mol. The number of hydrogen-bond acceptors (Lipinski definition) is 9. The summed E-state index contributed by atoms with van der Waals surface area (Å²) < 4.78 is 12.9. The molecule has 1 aromatic heterocycles. The molecule has 0 unspecified atom stereocenters. The Hall–Kier alpha value is -4.31. The number of thiocarbonyl (C=S) groups is 1. The maximum Gasteiger partial charge on any atom is 0.338 e. The average molecular weight is 618 g/mol. The van der Waals surface area contributed by atoms with Gasteiger partial charge in [0.25, 0.3) is 5.56 Å². The Morgan fingerprint density at radius 1 is 0.932 bits per heavy atom. The van der Waals surface area contributed by atoms with Crippen LogP contribution < -0.4 is 15.2 Å². The summed E-state index contributed by atoms with van der Waals surface area (Å²) in [5.74, 6) is 0.478. The predicted octanol–water partition coefficient (Wildman–Crippen LogP) is 6.72. The van der Waals surface area contributed by atoms with Gasteiger partial charge in [0.05, 0.1) is 17.5 Å². The Labute approximate surface area is 263 Å². The highest BCUT2D eigenvalue weighted by Crippen LogP contribution is 2.38. The van der Waals surface area contributed by atoms with Gasteiger partial charge in [0, 0.05) is 5.56 Å². The molecule has 0 atom stereocenters. The quantitative estimate of drug-likeness (QED) is 0.0502. The summed E-state index contributed by atoms with van der Waals surface area (Å²) in [5.41, 5.74) is 4.05. The average Bonchev–Trinajstić information content (AvgIpc) is 3.03. The molecule has 232 valence electrons. The Morgan fingerprint density at radius 3 is 2.41 bits per heavy atom. The first-order valence-electron chi connectivity index (χ1n) is 14.7. The van der Waals surface area contributed by atoms with E-state index < -0.39 is 11.5 Å². The zero-order valence-corrected chi connectivity index (χ0v) is 26.9. The van der Waals surface area contributed by atoms with Crippen molar-refractivity contribution < 1.29 is 24.0 Å². The van der Waals surface area contributed by atoms with Crippen molar-refractivity contribution in [1.29, 1.82) is 0 Å². The molecule has 0 N–H and O–H groups in total. The summed E-state index contributed by atoms with van der Waals surface area (Å²) in [7, 11) is 0. The van der Waals surface area contributed by atoms with Crippen LogP contribution in [-0.4, -0.2) is 39.7 Å². The van der Waals surface area contributed by atoms with Crippen LogP contribution in [0.15, 0.2) is 65.5 Å². The normalized spacial score (nSPS) is 11.7. The van der Waals surface area contributed by atoms with Gasteiger partial charge < -0.3 is 9.47 Å². The monoisotopic (exact) mass is 617 g/mol. The number of fused-ring (bicyclic) bond motifs is 1. The van der Waals surface area contributed by atoms with Crippen molar-refractivity contribution in [1.82, 2.24) is 15.0 Å². The molecule has 9 nitrogen and oxygen atoms in total. The summed E-state index contributed by atoms with van der Waals surface area (Å²) in [6.07, 6.45) is 1.98. The highest BCUT2D eigenvalue weighted by atomic mass is 32.1. The summed E-state index contributed by atoms with van der Waals surface area (Å²) >= 11 is 4.61. The molecule has 0 bridgehead atoms. The molecule has 1 heterocycles. The highest BCUT2D eigenvalue weighted by Gasteiger charge is 2.27. The van der Waals surface area contributed by atoms with Gasteiger partial charge in [-0.3, -0.25) is 14.6 Å². The molecule has 0 aliphatic rings. The third-order valence-electron chi connectivity index (χ3n) is 8.28. The van der Waals surface area contributed by atoms with Gasteiger partial charge >= 0.3 is 5.97 Å². The SMILES string of the molecule is CCC(C)(C)c1ccc(OCCOC(=O)c2ccccc2Cn2nnc3c(OOC=S)cccc3c2=O)c(C(C)(C)CC)c1. The lowest BCUT2D eigenvalue weighted by Gasteiger charge is -2.30. The number of esters is 1. The topological polar surface area (TPSA) is 102 Å². The molecule has 0 saturated carbocycles. The highest BCUT2D eigenvalue weighted by molar-refractivity contribution is 7.78. The van der Waals surface area contributed by atoms with Crippen LogP contribution in [0.4, 0.5) is 0 Å². The van der Waals surface area contributed by atoms with Gasteiger partial charge in [-0.15, -0.1) is 5.10 Å². The van der Waals surface area contributed by atoms with E-state index in [0.717, 1.165) is 29.7 Å². The van der Waals surface area contributed by atoms with Crippen LogP contribution in [0, 0.1) is 0 Å². The number of benzene rings is 3. The van der Waals surface area contributed by atoms with Crippen molar-refractivity contribution in [3.8, 4) is 11.5 Å². The van der Waals surface area contributed by atoms with E-state index in [1.807, 2.05) is 6.07 Å². The van der Waals surface area contributed by atoms with E-state index in [1.54, 1.807) is 42.5 Å². The molecule has 0 aliphatic carbocycles. The first kappa shape index (κ1) is 32.6. The van der Waals surface area contributed by atoms with Crippen LogP contribution in [0.25, 0.3) is 10.9 Å². The van der Waals surface area contributed by atoms with E-state index in [2.05, 4.69) is 76.2 Å². The molecule has 0 aliphatic heterocycles. The van der Waals surface area contributed by atoms with E-state index in [9.17, 15) is 9.59 Å². The molecule has 3 aromatic carbocycles. The zero-order chi connectivity index (χ0) is 31.9. The van der Waals surface area contributed by atoms with Crippen molar-refractivity contribution >= 4 is 34.6 Å². The van der Waals surface area contributed by atoms with Crippen molar-refractivity contribution in [3.05, 3.63) is 93.3 Å². The summed E-state index contributed by atoms with van der Waals surface area (Å²) in [6, 6.07) is 18.2. The molecule has 0 radical (unpaired) electrons. The first-order chi connectivity index (χ1) is 21.0. The molecular weight excluding hydrogens is 578 g/mol. The third kappa shape index (κ3) is 7.24. The van der Waals surface area contributed by atoms with Gasteiger partial charge in [0.1, 0.15) is 24.5 Å². The lowest BCUT2D eigenvalue weighted by Crippen LogP contribution is -2.26. The Kier molecular flexibility index (Phi) is 10.4. The van der Waals surface area contributed by atoms with Gasteiger partial charge in [-0.25, -0.2) is 9.48 Å². The standard InChI is InChI=1S/C34H39N3O6S/c1-7-33(3,4)24-16-17-28(27(20-24)34(5,6)8-2)40-18-19-41-32(39)25-13-10-9-12-23(25)21-37-31(38)26-14-11-15-29(43-42-22-44)30(26)35-36-37/h9-17,20,22H,7-8,18-19,21H2,1-6H3. The fourth-order valence-corrected chi connectivity index (χ4v) is 4.74. The van der Waals surface area contributed by atoms with Gasteiger partial charge in [-0.2, -0.15) is 0 Å². The van der Waals surface area contributed by atoms with Crippen molar-refractivity contribution in [2.45, 2.75) is 71.8 Å². The maximum atomic E-state index is 13.2. The van der Waals surface area contributed by atoms with Gasteiger partial charge in [0.15, 0.2) is 0 Å². The number of aromatic nitrogens is 3. The Bertz CT molecular complexity index is 1700. The van der Waals surface area contributed by atoms with Gasteiger partial charge in [0.2, 0.25) is 11.3 Å². The smallest absolute Gasteiger partial charge is 0.338 e. The lowest BCUT2D eigenvalue weighted by atomic mass is 9.76. The molecule has 0 spiro atoms. The minimum absolute atomic E-state index is 0.0149. The fourth-order valence-electron chi connectivity index (χ4n) is 4.70. The minimum atomic E-state index is -0.520. The third-order valence-corrected chi connectivity index (χ3v) is 8.36. The number of ether oxygens (including phenoxy) is 2. The second kappa shape index (κ2) is 14.0. The number of carbonyl (C=O) groups excluding carboxylic acids is 1. The first-order valence-corrected chi connectivity index (χ1v) is 15.2. The van der Waals surface area contributed by atoms with E-state index in [4.69, 9.17) is 19.2 Å². The molecule has 44 heavy (non-hydrogen) atoms. The largest absolute Gasteiger partial charge is 0.490 e. The van der Waals surface area contributed by atoms with Gasteiger partial charge in [-0.1, -0.05) is 83.2 Å². The number of rotatable bonds is 14. The molecule has 0 saturated heterocycles. The Morgan fingerprint density at radius 2 is 1.68 bits per heavy atom. The van der Waals surface area contributed by atoms with E-state index >= 15 is 0 Å². The molecular formula is C34H39N3O6S. The number of nitrogens with zero attached hydrogens (tertiary/aromatic N) is 3. The fraction of sp³-hybridized carbons (Fsp3) is 0.382. The van der Waals surface area contributed by atoms with Crippen LogP contribution in [-0.2, 0) is 27.0 Å². The summed E-state index contributed by atoms with van der Waals surface area (Å²) in [5, 5.41) is 8.47. The van der Waals surface area contributed by atoms with Crippen molar-refractivity contribution in [3.63, 3.8) is 0 Å². The number of carbonyl (C=O) groups is 1. The Balaban J connectivity index is 1.46. The van der Waals surface area contributed by atoms with Crippen LogP contribution >= 0.6 is 12.2 Å². The summed E-state index contributed by atoms with van der Waals surface area (Å²) in [6.45, 7) is 13.6. The zero-order valence-electron chi connectivity index (χ0n) is 26.1. The molecule has 0 amide bonds. The summed E-state index contributed by atoms with van der Waals surface area (Å²) in [4.78, 5) is 36.1. The molecule has 4 aromatic rings. The molecule has 4 rings (SSSR count). The van der Waals surface area contributed by atoms with E-state index in [-0.39, 0.29) is 47.2 Å². The van der Waals surface area contributed by atoms with Crippen molar-refractivity contribution in [2.75, 3.05) is 13.2 Å². The van der Waals surface area contributed by atoms with Crippen molar-refractivity contribution in [2.24, 2.45) is 0 Å². The van der Waals surface area contributed by atoms with E-state index in [1.165, 1.54) is 10.2 Å². The van der Waals surface area contributed by atoms with Crippen LogP contribution in [0.5, 0.6) is 11.5 Å². The van der Waals surface area contributed by atoms with Crippen LogP contribution in [0.2, 0.25) is 0 Å². The van der Waals surface area contributed by atoms with Crippen LogP contribution in [0.3, 0.4) is 0 Å². The van der Waals surface area contributed by atoms with E-state index in [0.29, 0.717) is 11.1 Å².